The largest absolute Gasteiger partial charge is 0.292 e. The average Bonchev–Trinajstić information content (AvgIpc) is 2.42. The predicted octanol–water partition coefficient (Wildman–Crippen LogP) is 2.38. The minimum Gasteiger partial charge on any atom is -0.292 e. The molecule has 96 valence electrons. The number of halogens is 1. The SMILES string of the molecule is CCc1nc(Cl)cc(=O)n1Cc1ccccc1C#N. The molecule has 5 heteroatoms. The normalized spacial score (nSPS) is 10.2. The van der Waals surface area contributed by atoms with Crippen molar-refractivity contribution in [2.24, 2.45) is 0 Å². The first-order valence-corrected chi connectivity index (χ1v) is 6.27. The molecule has 0 aliphatic carbocycles. The van der Waals surface area contributed by atoms with Gasteiger partial charge in [0.1, 0.15) is 11.0 Å². The Balaban J connectivity index is 2.50. The van der Waals surface area contributed by atoms with Gasteiger partial charge in [0.25, 0.3) is 5.56 Å². The summed E-state index contributed by atoms with van der Waals surface area (Å²) >= 11 is 5.79. The summed E-state index contributed by atoms with van der Waals surface area (Å²) in [6.45, 7) is 2.24. The fourth-order valence-corrected chi connectivity index (χ4v) is 2.09. The van der Waals surface area contributed by atoms with Gasteiger partial charge >= 0.3 is 0 Å². The van der Waals surface area contributed by atoms with Crippen molar-refractivity contribution >= 4 is 11.6 Å². The number of hydrogen-bond donors (Lipinski definition) is 0. The summed E-state index contributed by atoms with van der Waals surface area (Å²) in [6.07, 6.45) is 0.602. The van der Waals surface area contributed by atoms with Gasteiger partial charge in [-0.1, -0.05) is 36.7 Å². The topological polar surface area (TPSA) is 58.7 Å². The molecule has 0 N–H and O–H groups in total. The molecule has 1 heterocycles. The number of nitrogens with zero attached hydrogens (tertiary/aromatic N) is 3. The van der Waals surface area contributed by atoms with Crippen LogP contribution in [0.1, 0.15) is 23.9 Å². The minimum atomic E-state index is -0.204. The van der Waals surface area contributed by atoms with Crippen LogP contribution in [0.5, 0.6) is 0 Å². The van der Waals surface area contributed by atoms with Crippen molar-refractivity contribution in [1.29, 1.82) is 5.26 Å². The van der Waals surface area contributed by atoms with E-state index in [0.717, 1.165) is 5.56 Å². The lowest BCUT2D eigenvalue weighted by Gasteiger charge is -2.11. The lowest BCUT2D eigenvalue weighted by Crippen LogP contribution is -2.25. The number of nitriles is 1. The number of rotatable bonds is 3. The van der Waals surface area contributed by atoms with Gasteiger partial charge in [-0.2, -0.15) is 5.26 Å². The Morgan fingerprint density at radius 3 is 2.84 bits per heavy atom. The van der Waals surface area contributed by atoms with Gasteiger partial charge in [0.15, 0.2) is 0 Å². The Hall–Kier alpha value is -2.12. The second-order valence-corrected chi connectivity index (χ2v) is 4.43. The van der Waals surface area contributed by atoms with Crippen molar-refractivity contribution in [2.45, 2.75) is 19.9 Å². The Morgan fingerprint density at radius 2 is 2.16 bits per heavy atom. The lowest BCUT2D eigenvalue weighted by atomic mass is 10.1. The van der Waals surface area contributed by atoms with Crippen molar-refractivity contribution in [2.75, 3.05) is 0 Å². The van der Waals surface area contributed by atoms with Crippen molar-refractivity contribution in [3.05, 3.63) is 62.8 Å². The van der Waals surface area contributed by atoms with Gasteiger partial charge in [-0.15, -0.1) is 0 Å². The molecule has 0 spiro atoms. The van der Waals surface area contributed by atoms with E-state index in [1.54, 1.807) is 16.7 Å². The lowest BCUT2D eigenvalue weighted by molar-refractivity contribution is 0.674. The molecule has 0 atom stereocenters. The standard InChI is InChI=1S/C14H12ClN3O/c1-2-13-17-12(15)7-14(19)18(13)9-11-6-4-3-5-10(11)8-16/h3-7H,2,9H2,1H3. The molecule has 1 aromatic carbocycles. The van der Waals surface area contributed by atoms with E-state index >= 15 is 0 Å². The van der Waals surface area contributed by atoms with Crippen molar-refractivity contribution in [3.63, 3.8) is 0 Å². The van der Waals surface area contributed by atoms with Crippen molar-refractivity contribution in [3.8, 4) is 6.07 Å². The molecule has 0 saturated carbocycles. The number of aromatic nitrogens is 2. The number of aryl methyl sites for hydroxylation is 1. The quantitative estimate of drug-likeness (QED) is 0.807. The summed E-state index contributed by atoms with van der Waals surface area (Å²) in [5, 5.41) is 9.26. The van der Waals surface area contributed by atoms with Gasteiger partial charge in [0.05, 0.1) is 18.2 Å². The van der Waals surface area contributed by atoms with E-state index in [0.29, 0.717) is 24.4 Å². The second-order valence-electron chi connectivity index (χ2n) is 4.04. The third kappa shape index (κ3) is 2.83. The minimum absolute atomic E-state index is 0.201. The van der Waals surface area contributed by atoms with E-state index in [1.165, 1.54) is 6.07 Å². The van der Waals surface area contributed by atoms with Gasteiger partial charge in [0.2, 0.25) is 0 Å². The van der Waals surface area contributed by atoms with Gasteiger partial charge < -0.3 is 0 Å². The molecule has 0 radical (unpaired) electrons. The molecule has 0 saturated heterocycles. The average molecular weight is 274 g/mol. The fraction of sp³-hybridized carbons (Fsp3) is 0.214. The second kappa shape index (κ2) is 5.68. The predicted molar refractivity (Wildman–Crippen MR) is 73.1 cm³/mol. The van der Waals surface area contributed by atoms with Crippen LogP contribution in [0.2, 0.25) is 5.15 Å². The highest BCUT2D eigenvalue weighted by atomic mass is 35.5. The van der Waals surface area contributed by atoms with Crippen LogP contribution in [-0.4, -0.2) is 9.55 Å². The monoisotopic (exact) mass is 273 g/mol. The zero-order valence-electron chi connectivity index (χ0n) is 10.4. The Bertz CT molecular complexity index is 701. The maximum Gasteiger partial charge on any atom is 0.255 e. The molecule has 1 aromatic heterocycles. The highest BCUT2D eigenvalue weighted by Gasteiger charge is 2.09. The summed E-state index contributed by atoms with van der Waals surface area (Å²) in [7, 11) is 0. The van der Waals surface area contributed by atoms with E-state index in [4.69, 9.17) is 16.9 Å². The zero-order valence-corrected chi connectivity index (χ0v) is 11.2. The van der Waals surface area contributed by atoms with Crippen molar-refractivity contribution in [1.82, 2.24) is 9.55 Å². The van der Waals surface area contributed by atoms with Crippen molar-refractivity contribution < 1.29 is 0 Å². The molecule has 0 aliphatic rings. The van der Waals surface area contributed by atoms with Crippen LogP contribution in [0.4, 0.5) is 0 Å². The number of hydrogen-bond acceptors (Lipinski definition) is 3. The molecule has 0 amide bonds. The molecule has 2 rings (SSSR count). The van der Waals surface area contributed by atoms with E-state index in [9.17, 15) is 4.79 Å². The summed E-state index contributed by atoms with van der Waals surface area (Å²) < 4.78 is 1.54. The highest BCUT2D eigenvalue weighted by Crippen LogP contribution is 2.11. The van der Waals surface area contributed by atoms with Gasteiger partial charge in [0, 0.05) is 12.5 Å². The first-order valence-electron chi connectivity index (χ1n) is 5.90. The Morgan fingerprint density at radius 1 is 1.42 bits per heavy atom. The van der Waals surface area contributed by atoms with E-state index in [2.05, 4.69) is 11.1 Å². The molecular weight excluding hydrogens is 262 g/mol. The Labute approximate surface area is 115 Å². The molecule has 0 bridgehead atoms. The molecule has 0 aliphatic heterocycles. The fourth-order valence-electron chi connectivity index (χ4n) is 1.90. The van der Waals surface area contributed by atoms with Crippen LogP contribution >= 0.6 is 11.6 Å². The molecule has 0 fully saturated rings. The maximum absolute atomic E-state index is 12.0. The van der Waals surface area contributed by atoms with Crippen LogP contribution in [0.25, 0.3) is 0 Å². The summed E-state index contributed by atoms with van der Waals surface area (Å²) in [4.78, 5) is 16.1. The third-order valence-corrected chi connectivity index (χ3v) is 3.03. The van der Waals surface area contributed by atoms with Gasteiger partial charge in [-0.25, -0.2) is 4.98 Å². The molecule has 0 unspecified atom stereocenters. The van der Waals surface area contributed by atoms with Gasteiger partial charge in [-0.05, 0) is 11.6 Å². The maximum atomic E-state index is 12.0. The van der Waals surface area contributed by atoms with Crippen LogP contribution in [0.15, 0.2) is 35.1 Å². The Kier molecular flexibility index (Phi) is 3.98. The summed E-state index contributed by atoms with van der Waals surface area (Å²) in [5.74, 6) is 0.616. The summed E-state index contributed by atoms with van der Waals surface area (Å²) in [5.41, 5.74) is 1.15. The molecule has 2 aromatic rings. The van der Waals surface area contributed by atoms with E-state index in [-0.39, 0.29) is 10.7 Å². The summed E-state index contributed by atoms with van der Waals surface area (Å²) in [6, 6.07) is 10.6. The van der Waals surface area contributed by atoms with Crippen LogP contribution < -0.4 is 5.56 Å². The molecular formula is C14H12ClN3O. The first-order chi connectivity index (χ1) is 9.15. The number of benzene rings is 1. The molecule has 19 heavy (non-hydrogen) atoms. The van der Waals surface area contributed by atoms with E-state index in [1.807, 2.05) is 19.1 Å². The smallest absolute Gasteiger partial charge is 0.255 e. The van der Waals surface area contributed by atoms with E-state index < -0.39 is 0 Å². The van der Waals surface area contributed by atoms with Crippen LogP contribution in [0.3, 0.4) is 0 Å². The third-order valence-electron chi connectivity index (χ3n) is 2.84. The highest BCUT2D eigenvalue weighted by molar-refractivity contribution is 6.29. The van der Waals surface area contributed by atoms with Crippen LogP contribution in [-0.2, 0) is 13.0 Å². The van der Waals surface area contributed by atoms with Crippen LogP contribution in [0, 0.1) is 11.3 Å². The zero-order chi connectivity index (χ0) is 13.8. The molecule has 4 nitrogen and oxygen atoms in total. The van der Waals surface area contributed by atoms with Gasteiger partial charge in [-0.3, -0.25) is 9.36 Å². The first kappa shape index (κ1) is 13.3.